The zero-order valence-electron chi connectivity index (χ0n) is 6.77. The summed E-state index contributed by atoms with van der Waals surface area (Å²) in [5.41, 5.74) is 0.0312. The zero-order valence-corrected chi connectivity index (χ0v) is 11.1. The van der Waals surface area contributed by atoms with E-state index >= 15 is 0 Å². The molecular formula is C8H4F2I2N2. The van der Waals surface area contributed by atoms with Crippen LogP contribution in [0.15, 0.2) is 6.07 Å². The van der Waals surface area contributed by atoms with Gasteiger partial charge in [0, 0.05) is 3.57 Å². The quantitative estimate of drug-likeness (QED) is 0.544. The molecule has 0 spiro atoms. The average Bonchev–Trinajstić information content (AvgIpc) is 2.11. The summed E-state index contributed by atoms with van der Waals surface area (Å²) in [7, 11) is 0. The molecule has 0 aliphatic carbocycles. The number of hydrogen-bond acceptors (Lipinski definition) is 2. The number of hydrogen-bond donors (Lipinski definition) is 0. The highest BCUT2D eigenvalue weighted by atomic mass is 127. The SMILES string of the molecule is N#CCc1cc(I)c(I)nc1C(F)F. The largest absolute Gasteiger partial charge is 0.280 e. The Morgan fingerprint density at radius 2 is 2.14 bits per heavy atom. The van der Waals surface area contributed by atoms with E-state index in [1.165, 1.54) is 0 Å². The summed E-state index contributed by atoms with van der Waals surface area (Å²) in [6.45, 7) is 0. The second kappa shape index (κ2) is 5.16. The third-order valence-electron chi connectivity index (χ3n) is 1.52. The monoisotopic (exact) mass is 420 g/mol. The molecule has 6 heteroatoms. The smallest absolute Gasteiger partial charge is 0.239 e. The summed E-state index contributed by atoms with van der Waals surface area (Å²) >= 11 is 3.90. The van der Waals surface area contributed by atoms with E-state index in [0.29, 0.717) is 9.26 Å². The lowest BCUT2D eigenvalue weighted by atomic mass is 10.1. The van der Waals surface area contributed by atoms with Crippen LogP contribution in [0, 0.1) is 18.6 Å². The summed E-state index contributed by atoms with van der Waals surface area (Å²) in [6, 6.07) is 3.43. The van der Waals surface area contributed by atoms with Crippen LogP contribution in [0.2, 0.25) is 0 Å². The van der Waals surface area contributed by atoms with Crippen molar-refractivity contribution in [3.8, 4) is 6.07 Å². The van der Waals surface area contributed by atoms with Crippen molar-refractivity contribution in [2.75, 3.05) is 0 Å². The summed E-state index contributed by atoms with van der Waals surface area (Å²) in [4.78, 5) is 3.77. The van der Waals surface area contributed by atoms with Gasteiger partial charge in [-0.2, -0.15) is 5.26 Å². The first-order chi connectivity index (χ1) is 6.56. The molecule has 1 rings (SSSR count). The summed E-state index contributed by atoms with van der Waals surface area (Å²) in [6.07, 6.45) is -2.65. The lowest BCUT2D eigenvalue weighted by Crippen LogP contribution is -2.01. The molecule has 0 saturated heterocycles. The third-order valence-corrected chi connectivity index (χ3v) is 4.20. The van der Waals surface area contributed by atoms with E-state index < -0.39 is 6.43 Å². The highest BCUT2D eigenvalue weighted by Gasteiger charge is 2.16. The molecule has 0 atom stereocenters. The lowest BCUT2D eigenvalue weighted by Gasteiger charge is -2.06. The predicted molar refractivity (Wildman–Crippen MR) is 63.9 cm³/mol. The predicted octanol–water partition coefficient (Wildman–Crippen LogP) is 3.29. The highest BCUT2D eigenvalue weighted by Crippen LogP contribution is 2.25. The van der Waals surface area contributed by atoms with E-state index in [0.717, 1.165) is 3.57 Å². The Kier molecular flexibility index (Phi) is 4.43. The second-order valence-corrected chi connectivity index (χ2v) is 4.62. The summed E-state index contributed by atoms with van der Waals surface area (Å²) < 4.78 is 26.3. The Hall–Kier alpha value is -0.0400. The fourth-order valence-corrected chi connectivity index (χ4v) is 1.85. The van der Waals surface area contributed by atoms with Gasteiger partial charge in [0.05, 0.1) is 12.5 Å². The van der Waals surface area contributed by atoms with Crippen molar-refractivity contribution >= 4 is 45.2 Å². The first-order valence-electron chi connectivity index (χ1n) is 3.56. The average molecular weight is 420 g/mol. The molecule has 0 bridgehead atoms. The van der Waals surface area contributed by atoms with Gasteiger partial charge in [-0.3, -0.25) is 0 Å². The van der Waals surface area contributed by atoms with Crippen molar-refractivity contribution in [1.29, 1.82) is 5.26 Å². The molecule has 0 saturated carbocycles. The molecule has 0 radical (unpaired) electrons. The molecule has 1 aromatic rings. The van der Waals surface area contributed by atoms with Crippen LogP contribution >= 0.6 is 45.2 Å². The van der Waals surface area contributed by atoms with Gasteiger partial charge < -0.3 is 0 Å². The van der Waals surface area contributed by atoms with E-state index in [9.17, 15) is 8.78 Å². The molecule has 14 heavy (non-hydrogen) atoms. The van der Waals surface area contributed by atoms with Gasteiger partial charge in [-0.25, -0.2) is 13.8 Å². The van der Waals surface area contributed by atoms with Crippen molar-refractivity contribution in [1.82, 2.24) is 4.98 Å². The molecule has 1 aromatic heterocycles. The minimum Gasteiger partial charge on any atom is -0.239 e. The number of aromatic nitrogens is 1. The van der Waals surface area contributed by atoms with Crippen molar-refractivity contribution in [3.05, 3.63) is 24.6 Å². The van der Waals surface area contributed by atoms with Crippen molar-refractivity contribution in [3.63, 3.8) is 0 Å². The highest BCUT2D eigenvalue weighted by molar-refractivity contribution is 14.1. The maximum atomic E-state index is 12.5. The number of nitriles is 1. The molecule has 0 N–H and O–H groups in total. The van der Waals surface area contributed by atoms with Gasteiger partial charge in [-0.15, -0.1) is 0 Å². The number of alkyl halides is 2. The fraction of sp³-hybridized carbons (Fsp3) is 0.250. The molecule has 0 fully saturated rings. The summed E-state index contributed by atoms with van der Waals surface area (Å²) in [5, 5.41) is 8.46. The minimum absolute atomic E-state index is 0.0282. The van der Waals surface area contributed by atoms with Gasteiger partial charge in [0.15, 0.2) is 0 Å². The Labute approximate surface area is 107 Å². The van der Waals surface area contributed by atoms with Crippen molar-refractivity contribution in [2.45, 2.75) is 12.8 Å². The van der Waals surface area contributed by atoms with Gasteiger partial charge in [0.1, 0.15) is 9.39 Å². The van der Waals surface area contributed by atoms with E-state index in [2.05, 4.69) is 4.98 Å². The van der Waals surface area contributed by atoms with E-state index in [-0.39, 0.29) is 12.1 Å². The fourth-order valence-electron chi connectivity index (χ4n) is 0.933. The third kappa shape index (κ3) is 2.73. The van der Waals surface area contributed by atoms with Gasteiger partial charge in [-0.05, 0) is 56.8 Å². The maximum absolute atomic E-state index is 12.5. The van der Waals surface area contributed by atoms with Crippen LogP contribution in [0.4, 0.5) is 8.78 Å². The molecule has 2 nitrogen and oxygen atoms in total. The number of pyridine rings is 1. The minimum atomic E-state index is -2.62. The second-order valence-electron chi connectivity index (χ2n) is 2.44. The Bertz CT molecular complexity index is 388. The van der Waals surface area contributed by atoms with Crippen LogP contribution < -0.4 is 0 Å². The number of halogens is 4. The molecule has 0 amide bonds. The number of nitrogens with zero attached hydrogens (tertiary/aromatic N) is 2. The molecule has 1 heterocycles. The Morgan fingerprint density at radius 3 is 2.64 bits per heavy atom. The van der Waals surface area contributed by atoms with Gasteiger partial charge >= 0.3 is 0 Å². The van der Waals surface area contributed by atoms with E-state index in [1.807, 2.05) is 51.3 Å². The summed E-state index contributed by atoms with van der Waals surface area (Å²) in [5.74, 6) is 0. The van der Waals surface area contributed by atoms with Crippen LogP contribution in [-0.2, 0) is 6.42 Å². The van der Waals surface area contributed by atoms with Gasteiger partial charge in [0.25, 0.3) is 6.43 Å². The van der Waals surface area contributed by atoms with Gasteiger partial charge in [0.2, 0.25) is 0 Å². The number of rotatable bonds is 2. The Balaban J connectivity index is 3.25. The van der Waals surface area contributed by atoms with E-state index in [1.54, 1.807) is 6.07 Å². The zero-order chi connectivity index (χ0) is 10.7. The van der Waals surface area contributed by atoms with Crippen LogP contribution in [0.3, 0.4) is 0 Å². The molecule has 0 aliphatic heterocycles. The van der Waals surface area contributed by atoms with Crippen molar-refractivity contribution < 1.29 is 8.78 Å². The van der Waals surface area contributed by atoms with Crippen LogP contribution in [0.1, 0.15) is 17.7 Å². The molecule has 0 unspecified atom stereocenters. The molecule has 74 valence electrons. The van der Waals surface area contributed by atoms with E-state index in [4.69, 9.17) is 5.26 Å². The van der Waals surface area contributed by atoms with Crippen LogP contribution in [0.25, 0.3) is 0 Å². The molecule has 0 aliphatic rings. The first kappa shape index (κ1) is 12.0. The standard InChI is InChI=1S/C8H4F2I2N2/c9-7(10)6-4(1-2-13)3-5(11)8(12)14-6/h3,7H,1H2. The topological polar surface area (TPSA) is 36.7 Å². The molecule has 0 aromatic carbocycles. The molecular weight excluding hydrogens is 416 g/mol. The van der Waals surface area contributed by atoms with Crippen LogP contribution in [-0.4, -0.2) is 4.98 Å². The van der Waals surface area contributed by atoms with Crippen molar-refractivity contribution in [2.24, 2.45) is 0 Å². The first-order valence-corrected chi connectivity index (χ1v) is 5.72. The Morgan fingerprint density at radius 1 is 1.50 bits per heavy atom. The van der Waals surface area contributed by atoms with Gasteiger partial charge in [-0.1, -0.05) is 0 Å². The van der Waals surface area contributed by atoms with Crippen LogP contribution in [0.5, 0.6) is 0 Å². The maximum Gasteiger partial charge on any atom is 0.280 e. The lowest BCUT2D eigenvalue weighted by molar-refractivity contribution is 0.144. The normalized spacial score (nSPS) is 10.3.